The summed E-state index contributed by atoms with van der Waals surface area (Å²) in [5.41, 5.74) is 3.13. The van der Waals surface area contributed by atoms with Gasteiger partial charge in [-0.15, -0.1) is 0 Å². The molecule has 4 heteroatoms. The Labute approximate surface area is 142 Å². The van der Waals surface area contributed by atoms with Crippen LogP contribution in [0.3, 0.4) is 0 Å². The summed E-state index contributed by atoms with van der Waals surface area (Å²) >= 11 is 0. The summed E-state index contributed by atoms with van der Waals surface area (Å²) in [5.74, 6) is 1.55. The lowest BCUT2D eigenvalue weighted by Gasteiger charge is -2.24. The van der Waals surface area contributed by atoms with E-state index in [4.69, 9.17) is 9.47 Å². The lowest BCUT2D eigenvalue weighted by molar-refractivity contribution is 0.167. The number of fused-ring (bicyclic) bond motifs is 1. The maximum atomic E-state index is 5.91. The van der Waals surface area contributed by atoms with Crippen LogP contribution in [0.4, 0.5) is 0 Å². The normalized spacial score (nSPS) is 14.5. The molecule has 0 bridgehead atoms. The van der Waals surface area contributed by atoms with Gasteiger partial charge in [0.05, 0.1) is 17.6 Å². The zero-order chi connectivity index (χ0) is 16.4. The highest BCUT2D eigenvalue weighted by atomic mass is 16.5. The zero-order valence-electron chi connectivity index (χ0n) is 13.9. The number of rotatable bonds is 6. The Bertz CT molecular complexity index is 822. The molecule has 24 heavy (non-hydrogen) atoms. The number of ether oxygens (including phenoxy) is 2. The van der Waals surface area contributed by atoms with Crippen LogP contribution in [0.2, 0.25) is 0 Å². The highest BCUT2D eigenvalue weighted by molar-refractivity contribution is 5.78. The van der Waals surface area contributed by atoms with E-state index in [9.17, 15) is 0 Å². The number of benzene rings is 2. The number of hydrogen-bond acceptors (Lipinski definition) is 3. The van der Waals surface area contributed by atoms with Crippen molar-refractivity contribution in [3.63, 3.8) is 0 Å². The van der Waals surface area contributed by atoms with Crippen molar-refractivity contribution in [3.8, 4) is 11.8 Å². The molecule has 0 aliphatic heterocycles. The van der Waals surface area contributed by atoms with E-state index in [1.807, 2.05) is 48.0 Å². The minimum Gasteiger partial charge on any atom is -0.489 e. The fourth-order valence-corrected chi connectivity index (χ4v) is 2.96. The van der Waals surface area contributed by atoms with E-state index in [2.05, 4.69) is 17.1 Å². The third kappa shape index (κ3) is 3.09. The Kier molecular flexibility index (Phi) is 4.11. The minimum atomic E-state index is 0.565. The molecular weight excluding hydrogens is 300 g/mol. The van der Waals surface area contributed by atoms with Gasteiger partial charge in [-0.25, -0.2) is 0 Å². The molecule has 3 aromatic rings. The second-order valence-corrected chi connectivity index (χ2v) is 6.49. The van der Waals surface area contributed by atoms with Crippen molar-refractivity contribution in [1.82, 2.24) is 9.55 Å². The monoisotopic (exact) mass is 322 g/mol. The maximum absolute atomic E-state index is 5.91. The van der Waals surface area contributed by atoms with E-state index in [1.54, 1.807) is 0 Å². The van der Waals surface area contributed by atoms with E-state index in [-0.39, 0.29) is 0 Å². The van der Waals surface area contributed by atoms with Gasteiger partial charge in [-0.1, -0.05) is 36.8 Å². The molecule has 0 amide bonds. The fraction of sp³-hybridized carbons (Fsp3) is 0.350. The van der Waals surface area contributed by atoms with Crippen LogP contribution < -0.4 is 9.47 Å². The molecule has 1 aliphatic carbocycles. The van der Waals surface area contributed by atoms with Gasteiger partial charge in [0.25, 0.3) is 6.01 Å². The van der Waals surface area contributed by atoms with Gasteiger partial charge in [0.2, 0.25) is 0 Å². The smallest absolute Gasteiger partial charge is 0.297 e. The molecular formula is C20H22N2O2. The molecule has 0 N–H and O–H groups in total. The molecule has 0 unspecified atom stereocenters. The number of aryl methyl sites for hydroxylation is 1. The quantitative estimate of drug-likeness (QED) is 0.677. The Hall–Kier alpha value is -2.49. The van der Waals surface area contributed by atoms with Crippen molar-refractivity contribution in [3.05, 3.63) is 54.1 Å². The average molecular weight is 322 g/mol. The summed E-state index contributed by atoms with van der Waals surface area (Å²) in [5, 5.41) is 0. The molecule has 1 aromatic heterocycles. The van der Waals surface area contributed by atoms with Crippen molar-refractivity contribution < 1.29 is 9.47 Å². The van der Waals surface area contributed by atoms with E-state index in [1.165, 1.54) is 19.3 Å². The van der Waals surface area contributed by atoms with Crippen LogP contribution in [0, 0.1) is 5.92 Å². The van der Waals surface area contributed by atoms with Crippen LogP contribution in [-0.2, 0) is 13.7 Å². The van der Waals surface area contributed by atoms with E-state index in [0.29, 0.717) is 18.5 Å². The summed E-state index contributed by atoms with van der Waals surface area (Å²) < 4.78 is 13.8. The Morgan fingerprint density at radius 3 is 2.67 bits per heavy atom. The van der Waals surface area contributed by atoms with Gasteiger partial charge in [0, 0.05) is 13.1 Å². The van der Waals surface area contributed by atoms with Crippen LogP contribution in [0.25, 0.3) is 11.0 Å². The summed E-state index contributed by atoms with van der Waals surface area (Å²) in [6.45, 7) is 1.34. The van der Waals surface area contributed by atoms with Crippen LogP contribution >= 0.6 is 0 Å². The molecule has 1 aliphatic rings. The predicted molar refractivity (Wildman–Crippen MR) is 94.3 cm³/mol. The number of nitrogens with zero attached hydrogens (tertiary/aromatic N) is 2. The molecule has 2 aromatic carbocycles. The van der Waals surface area contributed by atoms with Gasteiger partial charge >= 0.3 is 0 Å². The van der Waals surface area contributed by atoms with Crippen molar-refractivity contribution in [2.45, 2.75) is 25.9 Å². The van der Waals surface area contributed by atoms with Gasteiger partial charge < -0.3 is 9.47 Å². The third-order valence-corrected chi connectivity index (χ3v) is 4.73. The first-order chi connectivity index (χ1) is 11.8. The first-order valence-electron chi connectivity index (χ1n) is 8.55. The fourth-order valence-electron chi connectivity index (χ4n) is 2.96. The molecule has 1 heterocycles. The molecule has 0 atom stereocenters. The lowest BCUT2D eigenvalue weighted by Crippen LogP contribution is -2.20. The first-order valence-corrected chi connectivity index (χ1v) is 8.55. The van der Waals surface area contributed by atoms with Crippen LogP contribution in [0.5, 0.6) is 11.8 Å². The Morgan fingerprint density at radius 2 is 1.92 bits per heavy atom. The third-order valence-electron chi connectivity index (χ3n) is 4.73. The van der Waals surface area contributed by atoms with E-state index < -0.39 is 0 Å². The van der Waals surface area contributed by atoms with Crippen molar-refractivity contribution in [1.29, 1.82) is 0 Å². The van der Waals surface area contributed by atoms with E-state index in [0.717, 1.165) is 29.0 Å². The Balaban J connectivity index is 1.48. The molecule has 4 rings (SSSR count). The van der Waals surface area contributed by atoms with Gasteiger partial charge in [0.15, 0.2) is 0 Å². The van der Waals surface area contributed by atoms with E-state index >= 15 is 0 Å². The molecule has 0 saturated heterocycles. The SMILES string of the molecule is Cn1c(OCC2CCC2)nc2ccc(OCc3ccccc3)cc21. The highest BCUT2D eigenvalue weighted by Gasteiger charge is 2.19. The summed E-state index contributed by atoms with van der Waals surface area (Å²) in [6, 6.07) is 16.9. The Morgan fingerprint density at radius 1 is 1.08 bits per heavy atom. The van der Waals surface area contributed by atoms with Crippen LogP contribution in [0.1, 0.15) is 24.8 Å². The molecule has 1 saturated carbocycles. The summed E-state index contributed by atoms with van der Waals surface area (Å²) in [4.78, 5) is 4.59. The molecule has 0 spiro atoms. The van der Waals surface area contributed by atoms with Gasteiger partial charge in [0.1, 0.15) is 12.4 Å². The number of aromatic nitrogens is 2. The molecule has 124 valence electrons. The maximum Gasteiger partial charge on any atom is 0.297 e. The van der Waals surface area contributed by atoms with Crippen LogP contribution in [-0.4, -0.2) is 16.2 Å². The standard InChI is InChI=1S/C20H22N2O2/c1-22-19-12-17(23-13-15-6-3-2-4-7-15)10-11-18(19)21-20(22)24-14-16-8-5-9-16/h2-4,6-7,10-12,16H,5,8-9,13-14H2,1H3. The number of imidazole rings is 1. The van der Waals surface area contributed by atoms with Gasteiger partial charge in [-0.3, -0.25) is 4.57 Å². The molecule has 0 radical (unpaired) electrons. The van der Waals surface area contributed by atoms with Crippen LogP contribution in [0.15, 0.2) is 48.5 Å². The van der Waals surface area contributed by atoms with Gasteiger partial charge in [-0.2, -0.15) is 4.98 Å². The second-order valence-electron chi connectivity index (χ2n) is 6.49. The summed E-state index contributed by atoms with van der Waals surface area (Å²) in [7, 11) is 1.99. The summed E-state index contributed by atoms with van der Waals surface area (Å²) in [6.07, 6.45) is 3.89. The zero-order valence-corrected chi connectivity index (χ0v) is 13.9. The average Bonchev–Trinajstić information content (AvgIpc) is 2.89. The topological polar surface area (TPSA) is 36.3 Å². The second kappa shape index (κ2) is 6.56. The number of hydrogen-bond donors (Lipinski definition) is 0. The molecule has 1 fully saturated rings. The first kappa shape index (κ1) is 15.1. The molecule has 4 nitrogen and oxygen atoms in total. The van der Waals surface area contributed by atoms with Gasteiger partial charge in [-0.05, 0) is 36.5 Å². The predicted octanol–water partition coefficient (Wildman–Crippen LogP) is 4.33. The van der Waals surface area contributed by atoms with Crippen molar-refractivity contribution in [2.75, 3.05) is 6.61 Å². The largest absolute Gasteiger partial charge is 0.489 e. The minimum absolute atomic E-state index is 0.565. The lowest BCUT2D eigenvalue weighted by atomic mass is 9.86. The van der Waals surface area contributed by atoms with Crippen molar-refractivity contribution >= 4 is 11.0 Å². The van der Waals surface area contributed by atoms with Crippen molar-refractivity contribution in [2.24, 2.45) is 13.0 Å². The highest BCUT2D eigenvalue weighted by Crippen LogP contribution is 2.29.